The summed E-state index contributed by atoms with van der Waals surface area (Å²) in [5.74, 6) is -0.357. The van der Waals surface area contributed by atoms with Crippen LogP contribution in [0.15, 0.2) is 47.1 Å². The standard InChI is InChI=1S/C18H20BrN3O4/c1-3-24-18-9-8-16(17(26-18)11-25-12(2)23)22-10-15(20-21-22)13-4-6-14(19)7-5-13/h4-10,16-18H,3,11H2,1-2H3/t16-,17+,18-/m0/s1. The van der Waals surface area contributed by atoms with Crippen molar-refractivity contribution in [2.45, 2.75) is 32.3 Å². The van der Waals surface area contributed by atoms with Gasteiger partial charge in [0.1, 0.15) is 24.4 Å². The molecular weight excluding hydrogens is 402 g/mol. The minimum Gasteiger partial charge on any atom is -0.463 e. The Kier molecular flexibility index (Phi) is 6.18. The number of ether oxygens (including phenoxy) is 3. The van der Waals surface area contributed by atoms with Crippen LogP contribution in [-0.2, 0) is 19.0 Å². The fraction of sp³-hybridized carbons (Fsp3) is 0.389. The summed E-state index contributed by atoms with van der Waals surface area (Å²) in [7, 11) is 0. The first kappa shape index (κ1) is 18.8. The fourth-order valence-electron chi connectivity index (χ4n) is 2.66. The zero-order chi connectivity index (χ0) is 18.5. The van der Waals surface area contributed by atoms with E-state index in [1.165, 1.54) is 6.92 Å². The van der Waals surface area contributed by atoms with Gasteiger partial charge in [0.15, 0.2) is 6.29 Å². The van der Waals surface area contributed by atoms with E-state index in [0.717, 1.165) is 15.7 Å². The Hall–Kier alpha value is -2.03. The van der Waals surface area contributed by atoms with Crippen LogP contribution in [0.4, 0.5) is 0 Å². The molecule has 0 amide bonds. The topological polar surface area (TPSA) is 75.5 Å². The fourth-order valence-corrected chi connectivity index (χ4v) is 2.92. The van der Waals surface area contributed by atoms with E-state index in [0.29, 0.717) is 6.61 Å². The molecule has 1 aromatic carbocycles. The average molecular weight is 422 g/mol. The molecule has 138 valence electrons. The Morgan fingerprint density at radius 2 is 2.08 bits per heavy atom. The third-order valence-corrected chi connectivity index (χ3v) is 4.42. The molecular formula is C18H20BrN3O4. The van der Waals surface area contributed by atoms with Gasteiger partial charge in [-0.3, -0.25) is 4.79 Å². The number of hydrogen-bond acceptors (Lipinski definition) is 6. The monoisotopic (exact) mass is 421 g/mol. The minimum absolute atomic E-state index is 0.112. The highest BCUT2D eigenvalue weighted by atomic mass is 79.9. The van der Waals surface area contributed by atoms with Crippen molar-refractivity contribution in [1.29, 1.82) is 0 Å². The highest BCUT2D eigenvalue weighted by Crippen LogP contribution is 2.26. The Bertz CT molecular complexity index is 775. The normalized spacial score (nSPS) is 22.3. The van der Waals surface area contributed by atoms with Crippen LogP contribution in [0, 0.1) is 0 Å². The second kappa shape index (κ2) is 8.57. The Labute approximate surface area is 160 Å². The molecule has 0 saturated heterocycles. The number of aromatic nitrogens is 3. The molecule has 1 aliphatic heterocycles. The second-order valence-electron chi connectivity index (χ2n) is 5.77. The summed E-state index contributed by atoms with van der Waals surface area (Å²) >= 11 is 3.42. The van der Waals surface area contributed by atoms with Crippen LogP contribution in [0.3, 0.4) is 0 Å². The van der Waals surface area contributed by atoms with Crippen molar-refractivity contribution in [3.63, 3.8) is 0 Å². The van der Waals surface area contributed by atoms with Crippen LogP contribution >= 0.6 is 15.9 Å². The van der Waals surface area contributed by atoms with Crippen LogP contribution in [-0.4, -0.2) is 46.6 Å². The van der Waals surface area contributed by atoms with Gasteiger partial charge in [0.25, 0.3) is 0 Å². The van der Waals surface area contributed by atoms with Crippen LogP contribution in [0.25, 0.3) is 11.3 Å². The molecule has 8 heteroatoms. The van der Waals surface area contributed by atoms with E-state index in [4.69, 9.17) is 14.2 Å². The molecule has 0 aliphatic carbocycles. The third kappa shape index (κ3) is 4.57. The van der Waals surface area contributed by atoms with Gasteiger partial charge in [-0.15, -0.1) is 5.10 Å². The largest absolute Gasteiger partial charge is 0.463 e. The van der Waals surface area contributed by atoms with E-state index < -0.39 is 12.4 Å². The number of hydrogen-bond donors (Lipinski definition) is 0. The zero-order valence-corrected chi connectivity index (χ0v) is 16.1. The molecule has 1 aromatic heterocycles. The molecule has 1 aliphatic rings. The van der Waals surface area contributed by atoms with Gasteiger partial charge < -0.3 is 14.2 Å². The van der Waals surface area contributed by atoms with Gasteiger partial charge in [-0.25, -0.2) is 4.68 Å². The number of rotatable bonds is 6. The summed E-state index contributed by atoms with van der Waals surface area (Å²) in [4.78, 5) is 11.2. The minimum atomic E-state index is -0.466. The van der Waals surface area contributed by atoms with Crippen molar-refractivity contribution in [2.75, 3.05) is 13.2 Å². The van der Waals surface area contributed by atoms with Gasteiger partial charge in [0.2, 0.25) is 0 Å². The number of benzene rings is 1. The molecule has 0 N–H and O–H groups in total. The average Bonchev–Trinajstić information content (AvgIpc) is 3.11. The van der Waals surface area contributed by atoms with Crippen molar-refractivity contribution < 1.29 is 19.0 Å². The van der Waals surface area contributed by atoms with Crippen LogP contribution in [0.2, 0.25) is 0 Å². The molecule has 0 unspecified atom stereocenters. The van der Waals surface area contributed by atoms with Crippen molar-refractivity contribution in [3.8, 4) is 11.3 Å². The predicted octanol–water partition coefficient (Wildman–Crippen LogP) is 3.13. The van der Waals surface area contributed by atoms with Gasteiger partial charge in [-0.2, -0.15) is 0 Å². The third-order valence-electron chi connectivity index (χ3n) is 3.89. The maximum absolute atomic E-state index is 11.2. The van der Waals surface area contributed by atoms with E-state index in [2.05, 4.69) is 26.2 Å². The smallest absolute Gasteiger partial charge is 0.302 e. The summed E-state index contributed by atoms with van der Waals surface area (Å²) < 4.78 is 19.2. The lowest BCUT2D eigenvalue weighted by molar-refractivity contribution is -0.177. The quantitative estimate of drug-likeness (QED) is 0.526. The maximum Gasteiger partial charge on any atom is 0.302 e. The van der Waals surface area contributed by atoms with E-state index in [9.17, 15) is 4.79 Å². The van der Waals surface area contributed by atoms with Gasteiger partial charge in [-0.1, -0.05) is 39.4 Å². The number of halogens is 1. The molecule has 0 spiro atoms. The van der Waals surface area contributed by atoms with Crippen molar-refractivity contribution in [2.24, 2.45) is 0 Å². The Morgan fingerprint density at radius 3 is 2.77 bits per heavy atom. The van der Waals surface area contributed by atoms with Gasteiger partial charge in [-0.05, 0) is 25.1 Å². The lowest BCUT2D eigenvalue weighted by atomic mass is 10.1. The summed E-state index contributed by atoms with van der Waals surface area (Å²) in [5, 5.41) is 8.47. The van der Waals surface area contributed by atoms with Crippen LogP contribution in [0.1, 0.15) is 19.9 Å². The molecule has 3 atom stereocenters. The Balaban J connectivity index is 1.81. The molecule has 2 aromatic rings. The first-order valence-corrected chi connectivity index (χ1v) is 9.12. The summed E-state index contributed by atoms with van der Waals surface area (Å²) in [6.45, 7) is 3.90. The number of carbonyl (C=O) groups is 1. The summed E-state index contributed by atoms with van der Waals surface area (Å²) in [6.07, 6.45) is 4.74. The van der Waals surface area contributed by atoms with Crippen molar-refractivity contribution in [3.05, 3.63) is 47.1 Å². The summed E-state index contributed by atoms with van der Waals surface area (Å²) in [5.41, 5.74) is 1.72. The van der Waals surface area contributed by atoms with Gasteiger partial charge in [0.05, 0.1) is 6.20 Å². The Morgan fingerprint density at radius 1 is 1.31 bits per heavy atom. The zero-order valence-electron chi connectivity index (χ0n) is 14.5. The molecule has 0 saturated carbocycles. The van der Waals surface area contributed by atoms with Crippen molar-refractivity contribution in [1.82, 2.24) is 15.0 Å². The summed E-state index contributed by atoms with van der Waals surface area (Å²) in [6, 6.07) is 7.59. The SMILES string of the molecule is CCO[C@@H]1C=C[C@H](n2cc(-c3ccc(Br)cc3)nn2)[C@@H](COC(C)=O)O1. The van der Waals surface area contributed by atoms with Gasteiger partial charge in [0, 0.05) is 23.6 Å². The maximum atomic E-state index is 11.2. The van der Waals surface area contributed by atoms with E-state index >= 15 is 0 Å². The van der Waals surface area contributed by atoms with Crippen LogP contribution < -0.4 is 0 Å². The molecule has 0 fully saturated rings. The molecule has 0 radical (unpaired) electrons. The lowest BCUT2D eigenvalue weighted by Crippen LogP contribution is -2.38. The lowest BCUT2D eigenvalue weighted by Gasteiger charge is -2.31. The van der Waals surface area contributed by atoms with E-state index in [1.807, 2.05) is 49.5 Å². The first-order valence-electron chi connectivity index (χ1n) is 8.33. The van der Waals surface area contributed by atoms with Crippen LogP contribution in [0.5, 0.6) is 0 Å². The molecule has 2 heterocycles. The molecule has 3 rings (SSSR count). The second-order valence-corrected chi connectivity index (χ2v) is 6.68. The number of nitrogens with zero attached hydrogens (tertiary/aromatic N) is 3. The van der Waals surface area contributed by atoms with Crippen molar-refractivity contribution >= 4 is 21.9 Å². The number of esters is 1. The number of carbonyl (C=O) groups excluding carboxylic acids is 1. The predicted molar refractivity (Wildman–Crippen MR) is 98.3 cm³/mol. The highest BCUT2D eigenvalue weighted by Gasteiger charge is 2.31. The van der Waals surface area contributed by atoms with E-state index in [1.54, 1.807) is 4.68 Å². The highest BCUT2D eigenvalue weighted by molar-refractivity contribution is 9.10. The molecule has 7 nitrogen and oxygen atoms in total. The molecule has 0 bridgehead atoms. The first-order chi connectivity index (χ1) is 12.6. The molecule has 26 heavy (non-hydrogen) atoms. The van der Waals surface area contributed by atoms with Gasteiger partial charge >= 0.3 is 5.97 Å². The van der Waals surface area contributed by atoms with E-state index in [-0.39, 0.29) is 18.6 Å².